The van der Waals surface area contributed by atoms with Gasteiger partial charge in [-0.05, 0) is 12.3 Å². The van der Waals surface area contributed by atoms with Crippen LogP contribution in [0.15, 0.2) is 12.5 Å². The van der Waals surface area contributed by atoms with Crippen molar-refractivity contribution < 1.29 is 24.3 Å². The predicted octanol–water partition coefficient (Wildman–Crippen LogP) is -1.74. The summed E-state index contributed by atoms with van der Waals surface area (Å²) < 4.78 is 0. The van der Waals surface area contributed by atoms with Crippen molar-refractivity contribution in [1.29, 1.82) is 0 Å². The molecule has 11 nitrogen and oxygen atoms in total. The number of nitrogens with two attached hydrogens (primary N) is 2. The Labute approximate surface area is 156 Å². The fraction of sp³-hybridized carbons (Fsp3) is 0.562. The minimum Gasteiger partial charge on any atom is -0.480 e. The molecule has 3 atom stereocenters. The van der Waals surface area contributed by atoms with Gasteiger partial charge in [-0.3, -0.25) is 14.4 Å². The molecule has 1 aromatic rings. The standard InChI is InChI=1S/C16H26N6O5/c1-8(2)3-11(21-14(24)10(17)5-13(18)23)15(25)22-12(16(26)27)4-9-6-19-7-20-9/h6-8,10-12H,3-5,17H2,1-2H3,(H2,18,23)(H,19,20)(H,21,24)(H,22,25)(H,26,27). The molecule has 3 amide bonds. The first-order chi connectivity index (χ1) is 12.6. The Bertz CT molecular complexity index is 660. The number of carboxylic acid groups (broad SMARTS) is 1. The molecule has 0 aliphatic carbocycles. The highest BCUT2D eigenvalue weighted by atomic mass is 16.4. The number of primary amides is 1. The molecule has 0 aliphatic rings. The Balaban J connectivity index is 2.81. The van der Waals surface area contributed by atoms with Crippen LogP contribution in [0, 0.1) is 5.92 Å². The molecule has 150 valence electrons. The lowest BCUT2D eigenvalue weighted by atomic mass is 10.0. The van der Waals surface area contributed by atoms with Crippen LogP contribution in [0.5, 0.6) is 0 Å². The number of aromatic amines is 1. The molecule has 0 fully saturated rings. The molecule has 1 heterocycles. The molecule has 0 aliphatic heterocycles. The van der Waals surface area contributed by atoms with Gasteiger partial charge in [0.25, 0.3) is 0 Å². The Hall–Kier alpha value is -2.95. The van der Waals surface area contributed by atoms with E-state index in [1.165, 1.54) is 12.5 Å². The molecule has 27 heavy (non-hydrogen) atoms. The third-order valence-electron chi connectivity index (χ3n) is 3.69. The summed E-state index contributed by atoms with van der Waals surface area (Å²) in [5, 5.41) is 14.2. The molecule has 0 bridgehead atoms. The number of carbonyl (C=O) groups excluding carboxylic acids is 3. The first-order valence-corrected chi connectivity index (χ1v) is 8.44. The minimum absolute atomic E-state index is 0.00457. The second-order valence-corrected chi connectivity index (χ2v) is 6.65. The Morgan fingerprint density at radius 3 is 2.30 bits per heavy atom. The number of H-pyrrole nitrogens is 1. The number of aromatic nitrogens is 2. The van der Waals surface area contributed by atoms with Crippen LogP contribution in [0.3, 0.4) is 0 Å². The fourth-order valence-electron chi connectivity index (χ4n) is 2.38. The van der Waals surface area contributed by atoms with E-state index < -0.39 is 41.8 Å². The van der Waals surface area contributed by atoms with E-state index in [0.29, 0.717) is 5.69 Å². The molecule has 0 radical (unpaired) electrons. The lowest BCUT2D eigenvalue weighted by molar-refractivity contribution is -0.142. The van der Waals surface area contributed by atoms with Crippen molar-refractivity contribution in [2.45, 2.75) is 51.2 Å². The van der Waals surface area contributed by atoms with Gasteiger partial charge in [-0.2, -0.15) is 0 Å². The van der Waals surface area contributed by atoms with Gasteiger partial charge in [0.2, 0.25) is 17.7 Å². The Kier molecular flexibility index (Phi) is 8.39. The van der Waals surface area contributed by atoms with Gasteiger partial charge in [0, 0.05) is 18.3 Å². The Morgan fingerprint density at radius 2 is 1.81 bits per heavy atom. The summed E-state index contributed by atoms with van der Waals surface area (Å²) in [4.78, 5) is 53.6. The second kappa shape index (κ2) is 10.3. The topological polar surface area (TPSA) is 193 Å². The second-order valence-electron chi connectivity index (χ2n) is 6.65. The predicted molar refractivity (Wildman–Crippen MR) is 95.0 cm³/mol. The van der Waals surface area contributed by atoms with Gasteiger partial charge in [0.1, 0.15) is 12.1 Å². The first kappa shape index (κ1) is 22.1. The zero-order valence-electron chi connectivity index (χ0n) is 15.3. The zero-order valence-corrected chi connectivity index (χ0v) is 15.3. The number of nitrogens with zero attached hydrogens (tertiary/aromatic N) is 1. The molecule has 0 saturated carbocycles. The fourth-order valence-corrected chi connectivity index (χ4v) is 2.38. The van der Waals surface area contributed by atoms with Gasteiger partial charge in [-0.25, -0.2) is 9.78 Å². The molecule has 0 spiro atoms. The van der Waals surface area contributed by atoms with Crippen molar-refractivity contribution in [3.05, 3.63) is 18.2 Å². The summed E-state index contributed by atoms with van der Waals surface area (Å²) in [7, 11) is 0. The molecule has 0 saturated heterocycles. The molecular weight excluding hydrogens is 356 g/mol. The maximum absolute atomic E-state index is 12.6. The Morgan fingerprint density at radius 1 is 1.19 bits per heavy atom. The van der Waals surface area contributed by atoms with Crippen molar-refractivity contribution in [2.24, 2.45) is 17.4 Å². The van der Waals surface area contributed by atoms with Gasteiger partial charge in [-0.1, -0.05) is 13.8 Å². The van der Waals surface area contributed by atoms with Crippen molar-refractivity contribution in [2.75, 3.05) is 0 Å². The molecule has 1 rings (SSSR count). The van der Waals surface area contributed by atoms with Gasteiger partial charge in [0.05, 0.1) is 18.8 Å². The smallest absolute Gasteiger partial charge is 0.326 e. The third-order valence-corrected chi connectivity index (χ3v) is 3.69. The molecule has 3 unspecified atom stereocenters. The van der Waals surface area contributed by atoms with E-state index in [1.807, 2.05) is 13.8 Å². The van der Waals surface area contributed by atoms with E-state index in [2.05, 4.69) is 20.6 Å². The van der Waals surface area contributed by atoms with E-state index in [9.17, 15) is 24.3 Å². The summed E-state index contributed by atoms with van der Waals surface area (Å²) in [5.74, 6) is -3.31. The molecule has 0 aromatic carbocycles. The third kappa shape index (κ3) is 7.86. The maximum atomic E-state index is 12.6. The average molecular weight is 382 g/mol. The number of rotatable bonds is 11. The number of aliphatic carboxylic acids is 1. The average Bonchev–Trinajstić information content (AvgIpc) is 3.05. The number of carboxylic acids is 1. The van der Waals surface area contributed by atoms with Crippen molar-refractivity contribution in [3.63, 3.8) is 0 Å². The summed E-state index contributed by atoms with van der Waals surface area (Å²) in [6.45, 7) is 3.68. The van der Waals surface area contributed by atoms with Crippen LogP contribution < -0.4 is 22.1 Å². The summed E-state index contributed by atoms with van der Waals surface area (Å²) in [6.07, 6.45) is 2.76. The number of amides is 3. The largest absolute Gasteiger partial charge is 0.480 e. The molecular formula is C16H26N6O5. The maximum Gasteiger partial charge on any atom is 0.326 e. The number of imidazole rings is 1. The lowest BCUT2D eigenvalue weighted by Crippen LogP contribution is -2.55. The van der Waals surface area contributed by atoms with Gasteiger partial charge >= 0.3 is 5.97 Å². The van der Waals surface area contributed by atoms with Crippen molar-refractivity contribution in [3.8, 4) is 0 Å². The number of nitrogens with one attached hydrogen (secondary N) is 3. The summed E-state index contributed by atoms with van der Waals surface area (Å²) >= 11 is 0. The number of carbonyl (C=O) groups is 4. The van der Waals surface area contributed by atoms with Gasteiger partial charge in [-0.15, -0.1) is 0 Å². The quantitative estimate of drug-likeness (QED) is 0.261. The summed E-state index contributed by atoms with van der Waals surface area (Å²) in [5.41, 5.74) is 11.1. The first-order valence-electron chi connectivity index (χ1n) is 8.44. The van der Waals surface area contributed by atoms with Gasteiger partial charge < -0.3 is 32.2 Å². The minimum atomic E-state index is -1.22. The monoisotopic (exact) mass is 382 g/mol. The van der Waals surface area contributed by atoms with Crippen molar-refractivity contribution >= 4 is 23.7 Å². The van der Waals surface area contributed by atoms with E-state index in [1.54, 1.807) is 0 Å². The highest BCUT2D eigenvalue weighted by Gasteiger charge is 2.29. The highest BCUT2D eigenvalue weighted by molar-refractivity contribution is 5.93. The van der Waals surface area contributed by atoms with Crippen molar-refractivity contribution in [1.82, 2.24) is 20.6 Å². The van der Waals surface area contributed by atoms with Crippen LogP contribution in [0.2, 0.25) is 0 Å². The molecule has 11 heteroatoms. The van der Waals surface area contributed by atoms with E-state index in [4.69, 9.17) is 11.5 Å². The van der Waals surface area contributed by atoms with E-state index in [0.717, 1.165) is 0 Å². The van der Waals surface area contributed by atoms with E-state index >= 15 is 0 Å². The van der Waals surface area contributed by atoms with Crippen LogP contribution in [-0.2, 0) is 25.6 Å². The SMILES string of the molecule is CC(C)CC(NC(=O)C(N)CC(N)=O)C(=O)NC(Cc1cnc[nH]1)C(=O)O. The van der Waals surface area contributed by atoms with Crippen LogP contribution in [0.1, 0.15) is 32.4 Å². The number of hydrogen-bond acceptors (Lipinski definition) is 6. The van der Waals surface area contributed by atoms with E-state index in [-0.39, 0.29) is 25.2 Å². The normalized spacial score (nSPS) is 14.2. The van der Waals surface area contributed by atoms with Crippen LogP contribution >= 0.6 is 0 Å². The van der Waals surface area contributed by atoms with Crippen LogP contribution in [0.4, 0.5) is 0 Å². The molecule has 8 N–H and O–H groups in total. The molecule has 1 aromatic heterocycles. The number of hydrogen-bond donors (Lipinski definition) is 6. The lowest BCUT2D eigenvalue weighted by Gasteiger charge is -2.23. The van der Waals surface area contributed by atoms with Crippen LogP contribution in [-0.4, -0.2) is 56.9 Å². The van der Waals surface area contributed by atoms with Crippen LogP contribution in [0.25, 0.3) is 0 Å². The highest BCUT2D eigenvalue weighted by Crippen LogP contribution is 2.07. The summed E-state index contributed by atoms with van der Waals surface area (Å²) in [6, 6.07) is -3.39. The van der Waals surface area contributed by atoms with Gasteiger partial charge in [0.15, 0.2) is 0 Å². The zero-order chi connectivity index (χ0) is 20.6.